The number of hydrogen-bond donors (Lipinski definition) is 2. The molecular weight excluding hydrogens is 264 g/mol. The molecule has 5 nitrogen and oxygen atoms in total. The van der Waals surface area contributed by atoms with Crippen molar-refractivity contribution in [2.45, 2.75) is 32.8 Å². The molecule has 1 aromatic carbocycles. The number of anilines is 2. The van der Waals surface area contributed by atoms with E-state index in [0.717, 1.165) is 24.3 Å². The molecule has 0 unspecified atom stereocenters. The molecule has 0 bridgehead atoms. The summed E-state index contributed by atoms with van der Waals surface area (Å²) in [5.41, 5.74) is 7.81. The van der Waals surface area contributed by atoms with Crippen molar-refractivity contribution in [3.05, 3.63) is 42.2 Å². The van der Waals surface area contributed by atoms with Gasteiger partial charge in [0.2, 0.25) is 5.88 Å². The second-order valence-electron chi connectivity index (χ2n) is 5.13. The molecule has 0 aliphatic carbocycles. The van der Waals surface area contributed by atoms with Crippen LogP contribution < -0.4 is 15.8 Å². The molecule has 1 heterocycles. The van der Waals surface area contributed by atoms with Crippen molar-refractivity contribution >= 4 is 11.5 Å². The van der Waals surface area contributed by atoms with Crippen LogP contribution in [0.2, 0.25) is 0 Å². The monoisotopic (exact) mass is 286 g/mol. The van der Waals surface area contributed by atoms with E-state index >= 15 is 0 Å². The van der Waals surface area contributed by atoms with Gasteiger partial charge in [-0.2, -0.15) is 0 Å². The minimum atomic E-state index is 0.0901. The van der Waals surface area contributed by atoms with Crippen molar-refractivity contribution in [1.29, 1.82) is 0 Å². The number of nitrogens with two attached hydrogens (primary N) is 1. The van der Waals surface area contributed by atoms with Gasteiger partial charge >= 0.3 is 0 Å². The van der Waals surface area contributed by atoms with Gasteiger partial charge in [0.15, 0.2) is 0 Å². The van der Waals surface area contributed by atoms with Crippen LogP contribution >= 0.6 is 0 Å². The van der Waals surface area contributed by atoms with Crippen LogP contribution in [-0.4, -0.2) is 22.6 Å². The van der Waals surface area contributed by atoms with Crippen molar-refractivity contribution < 1.29 is 4.74 Å². The highest BCUT2D eigenvalue weighted by atomic mass is 16.5. The number of aromatic nitrogens is 2. The zero-order chi connectivity index (χ0) is 15.1. The third-order valence-electron chi connectivity index (χ3n) is 2.87. The van der Waals surface area contributed by atoms with E-state index in [9.17, 15) is 0 Å². The summed E-state index contributed by atoms with van der Waals surface area (Å²) in [5.74, 6) is 1.29. The Hall–Kier alpha value is -2.14. The molecule has 0 fully saturated rings. The van der Waals surface area contributed by atoms with Crippen molar-refractivity contribution in [2.24, 2.45) is 5.73 Å². The molecule has 112 valence electrons. The quantitative estimate of drug-likeness (QED) is 0.818. The largest absolute Gasteiger partial charge is 0.475 e. The second kappa shape index (κ2) is 7.59. The minimum absolute atomic E-state index is 0.0901. The molecule has 5 heteroatoms. The lowest BCUT2D eigenvalue weighted by Gasteiger charge is -2.11. The summed E-state index contributed by atoms with van der Waals surface area (Å²) < 4.78 is 5.56. The Morgan fingerprint density at radius 1 is 1.24 bits per heavy atom. The Bertz CT molecular complexity index is 572. The van der Waals surface area contributed by atoms with Crippen LogP contribution in [0.4, 0.5) is 11.5 Å². The van der Waals surface area contributed by atoms with Crippen molar-refractivity contribution in [1.82, 2.24) is 9.97 Å². The maximum absolute atomic E-state index is 5.56. The Kier molecular flexibility index (Phi) is 5.51. The van der Waals surface area contributed by atoms with E-state index in [-0.39, 0.29) is 6.10 Å². The first-order valence-electron chi connectivity index (χ1n) is 7.22. The molecule has 1 aromatic heterocycles. The predicted molar refractivity (Wildman–Crippen MR) is 84.9 cm³/mol. The molecule has 21 heavy (non-hydrogen) atoms. The van der Waals surface area contributed by atoms with E-state index in [1.807, 2.05) is 26.0 Å². The molecule has 3 N–H and O–H groups in total. The van der Waals surface area contributed by atoms with Crippen LogP contribution in [0.3, 0.4) is 0 Å². The first-order chi connectivity index (χ1) is 10.2. The van der Waals surface area contributed by atoms with E-state index < -0.39 is 0 Å². The number of aryl methyl sites for hydroxylation is 1. The lowest BCUT2D eigenvalue weighted by molar-refractivity contribution is 0.232. The van der Waals surface area contributed by atoms with E-state index in [1.165, 1.54) is 11.9 Å². The Morgan fingerprint density at radius 2 is 2.10 bits per heavy atom. The van der Waals surface area contributed by atoms with Crippen molar-refractivity contribution in [3.63, 3.8) is 0 Å². The topological polar surface area (TPSA) is 73.1 Å². The van der Waals surface area contributed by atoms with Gasteiger partial charge in [0, 0.05) is 11.8 Å². The summed E-state index contributed by atoms with van der Waals surface area (Å²) in [4.78, 5) is 8.30. The number of benzene rings is 1. The second-order valence-corrected chi connectivity index (χ2v) is 5.13. The molecule has 0 saturated carbocycles. The number of nitrogens with one attached hydrogen (secondary N) is 1. The molecule has 0 aliphatic rings. The molecular formula is C16H22N4O. The van der Waals surface area contributed by atoms with Crippen LogP contribution in [0.5, 0.6) is 5.88 Å². The van der Waals surface area contributed by atoms with E-state index in [0.29, 0.717) is 12.4 Å². The van der Waals surface area contributed by atoms with E-state index in [2.05, 4.69) is 27.4 Å². The summed E-state index contributed by atoms with van der Waals surface area (Å²) in [5, 5.41) is 3.27. The minimum Gasteiger partial charge on any atom is -0.475 e. The van der Waals surface area contributed by atoms with Gasteiger partial charge in [-0.3, -0.25) is 0 Å². The maximum Gasteiger partial charge on any atom is 0.218 e. The lowest BCUT2D eigenvalue weighted by Crippen LogP contribution is -2.07. The number of hydrogen-bond acceptors (Lipinski definition) is 5. The fourth-order valence-corrected chi connectivity index (χ4v) is 1.97. The first kappa shape index (κ1) is 15.3. The van der Waals surface area contributed by atoms with Gasteiger partial charge in [-0.15, -0.1) is 0 Å². The summed E-state index contributed by atoms with van der Waals surface area (Å²) >= 11 is 0. The summed E-state index contributed by atoms with van der Waals surface area (Å²) in [6.45, 7) is 4.64. The molecule has 0 saturated heterocycles. The Morgan fingerprint density at radius 3 is 2.86 bits per heavy atom. The average Bonchev–Trinajstić information content (AvgIpc) is 2.45. The standard InChI is InChI=1S/C16H22N4O/c1-12(2)21-16-10-15(18-11-19-16)20-14-7-3-5-13(9-14)6-4-8-17/h3,5,7,9-12H,4,6,8,17H2,1-2H3,(H,18,19,20). The van der Waals surface area contributed by atoms with Gasteiger partial charge < -0.3 is 15.8 Å². The van der Waals surface area contributed by atoms with Crippen LogP contribution in [0.1, 0.15) is 25.8 Å². The number of ether oxygens (including phenoxy) is 1. The highest BCUT2D eigenvalue weighted by Gasteiger charge is 2.03. The number of nitrogens with zero attached hydrogens (tertiary/aromatic N) is 2. The first-order valence-corrected chi connectivity index (χ1v) is 7.22. The predicted octanol–water partition coefficient (Wildman–Crippen LogP) is 2.90. The smallest absolute Gasteiger partial charge is 0.218 e. The Labute approximate surface area is 125 Å². The zero-order valence-electron chi connectivity index (χ0n) is 12.5. The van der Waals surface area contributed by atoms with Crippen LogP contribution in [0.15, 0.2) is 36.7 Å². The van der Waals surface area contributed by atoms with E-state index in [4.69, 9.17) is 10.5 Å². The number of rotatable bonds is 7. The molecule has 0 atom stereocenters. The summed E-state index contributed by atoms with van der Waals surface area (Å²) in [7, 11) is 0. The maximum atomic E-state index is 5.56. The van der Waals surface area contributed by atoms with Gasteiger partial charge in [0.1, 0.15) is 12.1 Å². The van der Waals surface area contributed by atoms with Crippen LogP contribution in [0, 0.1) is 0 Å². The van der Waals surface area contributed by atoms with Crippen LogP contribution in [0.25, 0.3) is 0 Å². The molecule has 2 rings (SSSR count). The van der Waals surface area contributed by atoms with Gasteiger partial charge in [0.25, 0.3) is 0 Å². The van der Waals surface area contributed by atoms with Crippen LogP contribution in [-0.2, 0) is 6.42 Å². The third-order valence-corrected chi connectivity index (χ3v) is 2.87. The lowest BCUT2D eigenvalue weighted by atomic mass is 10.1. The highest BCUT2D eigenvalue weighted by Crippen LogP contribution is 2.19. The average molecular weight is 286 g/mol. The highest BCUT2D eigenvalue weighted by molar-refractivity contribution is 5.57. The van der Waals surface area contributed by atoms with Gasteiger partial charge in [0.05, 0.1) is 6.10 Å². The van der Waals surface area contributed by atoms with Crippen molar-refractivity contribution in [2.75, 3.05) is 11.9 Å². The fraction of sp³-hybridized carbons (Fsp3) is 0.375. The van der Waals surface area contributed by atoms with Gasteiger partial charge in [-0.05, 0) is 50.9 Å². The Balaban J connectivity index is 2.07. The summed E-state index contributed by atoms with van der Waals surface area (Å²) in [6, 6.07) is 10.1. The van der Waals surface area contributed by atoms with Gasteiger partial charge in [-0.25, -0.2) is 9.97 Å². The fourth-order valence-electron chi connectivity index (χ4n) is 1.97. The normalized spacial score (nSPS) is 10.7. The zero-order valence-corrected chi connectivity index (χ0v) is 12.5. The molecule has 0 amide bonds. The van der Waals surface area contributed by atoms with E-state index in [1.54, 1.807) is 6.07 Å². The van der Waals surface area contributed by atoms with Crippen molar-refractivity contribution in [3.8, 4) is 5.88 Å². The molecule has 0 spiro atoms. The molecule has 0 aliphatic heterocycles. The third kappa shape index (κ3) is 5.04. The SMILES string of the molecule is CC(C)Oc1cc(Nc2cccc(CCCN)c2)ncn1. The summed E-state index contributed by atoms with van der Waals surface area (Å²) in [6.07, 6.45) is 3.56. The molecule has 2 aromatic rings. The van der Waals surface area contributed by atoms with Gasteiger partial charge in [-0.1, -0.05) is 12.1 Å². The molecule has 0 radical (unpaired) electrons.